The van der Waals surface area contributed by atoms with Gasteiger partial charge in [-0.3, -0.25) is 0 Å². The van der Waals surface area contributed by atoms with E-state index in [9.17, 15) is 0 Å². The molecule has 3 aromatic rings. The van der Waals surface area contributed by atoms with E-state index in [2.05, 4.69) is 83.9 Å². The van der Waals surface area contributed by atoms with Crippen LogP contribution in [0.1, 0.15) is 46.8 Å². The van der Waals surface area contributed by atoms with Crippen molar-refractivity contribution in [1.29, 1.82) is 0 Å². The highest BCUT2D eigenvalue weighted by Crippen LogP contribution is 2.39. The third-order valence-corrected chi connectivity index (χ3v) is 5.21. The highest BCUT2D eigenvalue weighted by atomic mass is 15.5. The molecule has 0 saturated heterocycles. The quantitative estimate of drug-likeness (QED) is 0.641. The van der Waals surface area contributed by atoms with Crippen molar-refractivity contribution >= 4 is 0 Å². The fourth-order valence-corrected chi connectivity index (χ4v) is 4.12. The molecule has 0 N–H and O–H groups in total. The van der Waals surface area contributed by atoms with Crippen molar-refractivity contribution in [1.82, 2.24) is 19.6 Å². The Morgan fingerprint density at radius 1 is 0.852 bits per heavy atom. The molecule has 1 aliphatic rings. The molecular weight excluding hydrogens is 332 g/mol. The molecular formula is C23H26N4. The zero-order chi connectivity index (χ0) is 19.0. The van der Waals surface area contributed by atoms with Gasteiger partial charge >= 0.3 is 0 Å². The maximum atomic E-state index is 4.86. The van der Waals surface area contributed by atoms with Gasteiger partial charge in [-0.1, -0.05) is 48.6 Å². The van der Waals surface area contributed by atoms with Crippen LogP contribution in [-0.4, -0.2) is 19.6 Å². The molecule has 4 heteroatoms. The van der Waals surface area contributed by atoms with Crippen molar-refractivity contribution in [3.63, 3.8) is 0 Å². The largest absolute Gasteiger partial charge is 0.244 e. The molecule has 0 fully saturated rings. The number of rotatable bonds is 5. The summed E-state index contributed by atoms with van der Waals surface area (Å²) in [6.45, 7) is 8.35. The second-order valence-electron chi connectivity index (χ2n) is 7.39. The first-order valence-corrected chi connectivity index (χ1v) is 9.51. The van der Waals surface area contributed by atoms with Crippen molar-refractivity contribution in [3.05, 3.63) is 94.6 Å². The predicted octanol–water partition coefficient (Wildman–Crippen LogP) is 5.03. The summed E-state index contributed by atoms with van der Waals surface area (Å²) in [6, 6.07) is 15.0. The summed E-state index contributed by atoms with van der Waals surface area (Å²) in [4.78, 5) is 0. The second kappa shape index (κ2) is 7.03. The molecule has 0 aliphatic heterocycles. The van der Waals surface area contributed by atoms with Gasteiger partial charge in [-0.15, -0.1) is 0 Å². The van der Waals surface area contributed by atoms with Crippen LogP contribution in [0.4, 0.5) is 0 Å². The molecule has 4 rings (SSSR count). The first-order valence-electron chi connectivity index (χ1n) is 9.51. The van der Waals surface area contributed by atoms with E-state index in [1.165, 1.54) is 11.1 Å². The zero-order valence-corrected chi connectivity index (χ0v) is 16.4. The van der Waals surface area contributed by atoms with Crippen LogP contribution in [0.25, 0.3) is 0 Å². The topological polar surface area (TPSA) is 35.6 Å². The van der Waals surface area contributed by atoms with E-state index >= 15 is 0 Å². The van der Waals surface area contributed by atoms with Crippen LogP contribution in [0, 0.1) is 27.7 Å². The summed E-state index contributed by atoms with van der Waals surface area (Å²) >= 11 is 0. The summed E-state index contributed by atoms with van der Waals surface area (Å²) < 4.78 is 4.28. The molecule has 138 valence electrons. The number of benzene rings is 1. The minimum absolute atomic E-state index is 0.0520. The lowest BCUT2D eigenvalue weighted by Crippen LogP contribution is -2.29. The van der Waals surface area contributed by atoms with Gasteiger partial charge in [0.2, 0.25) is 0 Å². The van der Waals surface area contributed by atoms with E-state index < -0.39 is 0 Å². The predicted molar refractivity (Wildman–Crippen MR) is 109 cm³/mol. The van der Waals surface area contributed by atoms with Crippen LogP contribution in [0.2, 0.25) is 0 Å². The van der Waals surface area contributed by atoms with Crippen molar-refractivity contribution < 1.29 is 0 Å². The van der Waals surface area contributed by atoms with Crippen LogP contribution in [0.5, 0.6) is 0 Å². The molecule has 0 saturated carbocycles. The lowest BCUT2D eigenvalue weighted by Gasteiger charge is -2.31. The molecule has 4 nitrogen and oxygen atoms in total. The molecule has 0 bridgehead atoms. The lowest BCUT2D eigenvalue weighted by molar-refractivity contribution is 0.313. The van der Waals surface area contributed by atoms with Gasteiger partial charge in [0, 0.05) is 11.4 Å². The summed E-state index contributed by atoms with van der Waals surface area (Å²) in [6.07, 6.45) is 7.73. The molecule has 0 amide bonds. The minimum atomic E-state index is -0.0520. The Morgan fingerprint density at radius 3 is 1.89 bits per heavy atom. The number of aryl methyl sites for hydroxylation is 4. The average Bonchev–Trinajstić information content (AvgIpc) is 3.35. The van der Waals surface area contributed by atoms with E-state index in [0.29, 0.717) is 0 Å². The van der Waals surface area contributed by atoms with E-state index in [1.807, 2.05) is 13.8 Å². The monoisotopic (exact) mass is 358 g/mol. The lowest BCUT2D eigenvalue weighted by atomic mass is 9.88. The highest BCUT2D eigenvalue weighted by Gasteiger charge is 2.32. The minimum Gasteiger partial charge on any atom is -0.244 e. The Hall–Kier alpha value is -2.88. The van der Waals surface area contributed by atoms with E-state index in [1.54, 1.807) is 0 Å². The Kier molecular flexibility index (Phi) is 4.56. The Bertz CT molecular complexity index is 958. The number of aromatic nitrogens is 4. The Labute approximate surface area is 160 Å². The molecule has 0 spiro atoms. The molecule has 1 aromatic carbocycles. The molecule has 27 heavy (non-hydrogen) atoms. The van der Waals surface area contributed by atoms with Gasteiger partial charge in [0.15, 0.2) is 6.17 Å². The number of nitrogens with zero attached hydrogens (tertiary/aromatic N) is 4. The summed E-state index contributed by atoms with van der Waals surface area (Å²) in [5, 5.41) is 9.72. The number of hydrogen-bond acceptors (Lipinski definition) is 2. The molecule has 0 unspecified atom stereocenters. The number of allylic oxidation sites excluding steroid dienone is 4. The van der Waals surface area contributed by atoms with Crippen molar-refractivity contribution in [2.75, 3.05) is 0 Å². The molecule has 1 aliphatic carbocycles. The van der Waals surface area contributed by atoms with Gasteiger partial charge < -0.3 is 0 Å². The smallest absolute Gasteiger partial charge is 0.154 e. The molecule has 0 radical (unpaired) electrons. The van der Waals surface area contributed by atoms with Crippen molar-refractivity contribution in [2.45, 2.75) is 46.2 Å². The van der Waals surface area contributed by atoms with Crippen molar-refractivity contribution in [2.24, 2.45) is 0 Å². The maximum absolute atomic E-state index is 4.86. The zero-order valence-electron chi connectivity index (χ0n) is 16.4. The average molecular weight is 358 g/mol. The van der Waals surface area contributed by atoms with Crippen LogP contribution < -0.4 is 0 Å². The Balaban J connectivity index is 1.96. The van der Waals surface area contributed by atoms with Crippen LogP contribution in [0.3, 0.4) is 0 Å². The normalized spacial score (nSPS) is 14.8. The van der Waals surface area contributed by atoms with Crippen molar-refractivity contribution in [3.8, 4) is 0 Å². The standard InChI is InChI=1S/C23H26N4/c1-16-14-18(3)26(24-16)23(27-19(4)15-17(2)25-27)22(21-12-8-9-13-21)20-10-6-5-7-11-20/h5-8,10-15,22-23H,9H2,1-4H3/t22-/m1/s1. The molecule has 2 heterocycles. The Morgan fingerprint density at radius 2 is 1.44 bits per heavy atom. The first kappa shape index (κ1) is 17.5. The van der Waals surface area contributed by atoms with E-state index in [0.717, 1.165) is 29.2 Å². The van der Waals surface area contributed by atoms with Gasteiger partial charge in [-0.2, -0.15) is 10.2 Å². The number of hydrogen-bond donors (Lipinski definition) is 0. The van der Waals surface area contributed by atoms with Gasteiger partial charge in [-0.05, 0) is 57.4 Å². The molecule has 2 aromatic heterocycles. The van der Waals surface area contributed by atoms with Crippen LogP contribution in [-0.2, 0) is 0 Å². The highest BCUT2D eigenvalue weighted by molar-refractivity contribution is 5.40. The third-order valence-electron chi connectivity index (χ3n) is 5.21. The third kappa shape index (κ3) is 3.27. The fraction of sp³-hybridized carbons (Fsp3) is 0.304. The fourth-order valence-electron chi connectivity index (χ4n) is 4.12. The summed E-state index contributed by atoms with van der Waals surface area (Å²) in [7, 11) is 0. The SMILES string of the molecule is Cc1cc(C)n(C([C@@H](C2=CCC=C2)c2ccccc2)n2nc(C)cc2C)n1. The van der Waals surface area contributed by atoms with Gasteiger partial charge in [0.05, 0.1) is 17.3 Å². The van der Waals surface area contributed by atoms with Crippen LogP contribution >= 0.6 is 0 Å². The summed E-state index contributed by atoms with van der Waals surface area (Å²) in [5.41, 5.74) is 6.96. The maximum Gasteiger partial charge on any atom is 0.154 e. The van der Waals surface area contributed by atoms with E-state index in [-0.39, 0.29) is 12.1 Å². The van der Waals surface area contributed by atoms with Crippen LogP contribution in [0.15, 0.2) is 66.3 Å². The van der Waals surface area contributed by atoms with Gasteiger partial charge in [-0.25, -0.2) is 9.36 Å². The summed E-state index contributed by atoms with van der Waals surface area (Å²) in [5.74, 6) is 0.140. The van der Waals surface area contributed by atoms with Gasteiger partial charge in [0.1, 0.15) is 0 Å². The van der Waals surface area contributed by atoms with Gasteiger partial charge in [0.25, 0.3) is 0 Å². The van der Waals surface area contributed by atoms with E-state index in [4.69, 9.17) is 10.2 Å². The molecule has 1 atom stereocenters. The second-order valence-corrected chi connectivity index (χ2v) is 7.39. The first-order chi connectivity index (χ1) is 13.0.